The fourth-order valence-corrected chi connectivity index (χ4v) is 3.17. The number of carbonyl (C=O) groups excluding carboxylic acids is 1. The molecule has 0 atom stereocenters. The molecule has 0 saturated carbocycles. The molecule has 6 nitrogen and oxygen atoms in total. The van der Waals surface area contributed by atoms with Crippen molar-refractivity contribution in [2.75, 3.05) is 18.6 Å². The van der Waals surface area contributed by atoms with Gasteiger partial charge in [-0.3, -0.25) is 4.79 Å². The van der Waals surface area contributed by atoms with Crippen LogP contribution in [0.1, 0.15) is 10.4 Å². The van der Waals surface area contributed by atoms with Gasteiger partial charge in [-0.1, -0.05) is 23.9 Å². The number of thioether (sulfide) groups is 1. The van der Waals surface area contributed by atoms with Gasteiger partial charge in [0.2, 0.25) is 0 Å². The first-order valence-electron chi connectivity index (χ1n) is 7.64. The lowest BCUT2D eigenvalue weighted by molar-refractivity contribution is 0.102. The molecule has 0 aliphatic rings. The minimum absolute atomic E-state index is 0.0245. The first-order chi connectivity index (χ1) is 12.1. The number of nitrogens with two attached hydrogens (primary N) is 1. The van der Waals surface area contributed by atoms with Gasteiger partial charge in [-0.25, -0.2) is 0 Å². The number of hydrogen-bond acceptors (Lipinski definition) is 6. The number of rotatable bonds is 6. The molecule has 7 heteroatoms. The lowest BCUT2D eigenvalue weighted by Gasteiger charge is -2.06. The number of carbonyl (C=O) groups is 1. The monoisotopic (exact) mass is 354 g/mol. The summed E-state index contributed by atoms with van der Waals surface area (Å²) in [4.78, 5) is 12.3. The molecule has 3 rings (SSSR count). The van der Waals surface area contributed by atoms with Gasteiger partial charge in [-0.2, -0.15) is 0 Å². The normalized spacial score (nSPS) is 10.6. The van der Waals surface area contributed by atoms with Gasteiger partial charge in [0.05, 0.1) is 12.9 Å². The molecule has 0 amide bonds. The molecule has 0 aliphatic heterocycles. The summed E-state index contributed by atoms with van der Waals surface area (Å²) in [5.41, 5.74) is 8.11. The number of hydrogen-bond donors (Lipinski definition) is 1. The van der Waals surface area contributed by atoms with Crippen molar-refractivity contribution < 1.29 is 9.53 Å². The van der Waals surface area contributed by atoms with Crippen LogP contribution in [0.4, 0.5) is 5.69 Å². The molecule has 0 unspecified atom stereocenters. The van der Waals surface area contributed by atoms with Crippen LogP contribution in [0.2, 0.25) is 0 Å². The number of nitrogen functional groups attached to an aromatic ring is 1. The predicted octanol–water partition coefficient (Wildman–Crippen LogP) is 3.05. The quantitative estimate of drug-likeness (QED) is 0.416. The Kier molecular flexibility index (Phi) is 5.04. The zero-order valence-electron chi connectivity index (χ0n) is 14.0. The summed E-state index contributed by atoms with van der Waals surface area (Å²) in [5.74, 6) is 1.71. The van der Waals surface area contributed by atoms with E-state index in [2.05, 4.69) is 10.2 Å². The standard InChI is InChI=1S/C18H18N4O2S/c1-22-17(14-5-3-4-6-15(14)19)20-21-18(22)25-11-16(23)12-7-9-13(24-2)10-8-12/h3-10H,11,19H2,1-2H3. The SMILES string of the molecule is COc1ccc(C(=O)CSc2nnc(-c3ccccc3N)n2C)cc1. The third-order valence-corrected chi connectivity index (χ3v) is 4.80. The Bertz CT molecular complexity index is 890. The number of anilines is 1. The molecule has 2 aromatic carbocycles. The summed E-state index contributed by atoms with van der Waals surface area (Å²) in [6, 6.07) is 14.6. The van der Waals surface area contributed by atoms with Gasteiger partial charge >= 0.3 is 0 Å². The molecule has 0 radical (unpaired) electrons. The summed E-state index contributed by atoms with van der Waals surface area (Å²) >= 11 is 1.35. The highest BCUT2D eigenvalue weighted by atomic mass is 32.2. The average molecular weight is 354 g/mol. The van der Waals surface area contributed by atoms with Crippen molar-refractivity contribution in [1.29, 1.82) is 0 Å². The number of Topliss-reactive ketones (excluding diaryl/α,β-unsaturated/α-hetero) is 1. The summed E-state index contributed by atoms with van der Waals surface area (Å²) in [6.45, 7) is 0. The summed E-state index contributed by atoms with van der Waals surface area (Å²) in [5, 5.41) is 9.05. The van der Waals surface area contributed by atoms with Crippen LogP contribution in [0.25, 0.3) is 11.4 Å². The number of nitrogens with zero attached hydrogens (tertiary/aromatic N) is 3. The maximum atomic E-state index is 12.3. The van der Waals surface area contributed by atoms with Gasteiger partial charge in [0.25, 0.3) is 0 Å². The van der Waals surface area contributed by atoms with Crippen molar-refractivity contribution >= 4 is 23.2 Å². The number of methoxy groups -OCH3 is 1. The molecule has 0 spiro atoms. The van der Waals surface area contributed by atoms with E-state index in [0.717, 1.165) is 11.3 Å². The second kappa shape index (κ2) is 7.40. The molecule has 25 heavy (non-hydrogen) atoms. The highest BCUT2D eigenvalue weighted by Crippen LogP contribution is 2.27. The number of para-hydroxylation sites is 1. The van der Waals surface area contributed by atoms with Crippen LogP contribution >= 0.6 is 11.8 Å². The largest absolute Gasteiger partial charge is 0.497 e. The number of ether oxygens (including phenoxy) is 1. The van der Waals surface area contributed by atoms with Crippen molar-refractivity contribution in [2.24, 2.45) is 7.05 Å². The number of ketones is 1. The van der Waals surface area contributed by atoms with E-state index in [0.29, 0.717) is 22.2 Å². The topological polar surface area (TPSA) is 83.0 Å². The van der Waals surface area contributed by atoms with Crippen LogP contribution in [-0.2, 0) is 7.05 Å². The van der Waals surface area contributed by atoms with Gasteiger partial charge in [0.1, 0.15) is 5.75 Å². The minimum atomic E-state index is 0.0245. The van der Waals surface area contributed by atoms with Gasteiger partial charge in [0.15, 0.2) is 16.8 Å². The lowest BCUT2D eigenvalue weighted by Crippen LogP contribution is -2.04. The maximum Gasteiger partial charge on any atom is 0.191 e. The summed E-state index contributed by atoms with van der Waals surface area (Å²) < 4.78 is 6.94. The van der Waals surface area contributed by atoms with E-state index >= 15 is 0 Å². The first-order valence-corrected chi connectivity index (χ1v) is 8.63. The second-order valence-electron chi connectivity index (χ2n) is 5.39. The Morgan fingerprint density at radius 2 is 1.88 bits per heavy atom. The van der Waals surface area contributed by atoms with Crippen molar-refractivity contribution in [3.8, 4) is 17.1 Å². The maximum absolute atomic E-state index is 12.3. The Morgan fingerprint density at radius 3 is 2.56 bits per heavy atom. The van der Waals surface area contributed by atoms with Gasteiger partial charge < -0.3 is 15.0 Å². The van der Waals surface area contributed by atoms with Crippen molar-refractivity contribution in [1.82, 2.24) is 14.8 Å². The average Bonchev–Trinajstić information content (AvgIpc) is 3.00. The molecule has 1 heterocycles. The van der Waals surface area contributed by atoms with E-state index in [-0.39, 0.29) is 11.5 Å². The molecule has 128 valence electrons. The predicted molar refractivity (Wildman–Crippen MR) is 98.9 cm³/mol. The third kappa shape index (κ3) is 3.66. The zero-order chi connectivity index (χ0) is 17.8. The van der Waals surface area contributed by atoms with E-state index in [1.807, 2.05) is 35.9 Å². The third-order valence-electron chi connectivity index (χ3n) is 3.78. The zero-order valence-corrected chi connectivity index (χ0v) is 14.8. The van der Waals surface area contributed by atoms with Crippen molar-refractivity contribution in [2.45, 2.75) is 5.16 Å². The fourth-order valence-electron chi connectivity index (χ4n) is 2.37. The molecule has 1 aromatic heterocycles. The highest BCUT2D eigenvalue weighted by Gasteiger charge is 2.15. The van der Waals surface area contributed by atoms with E-state index in [4.69, 9.17) is 10.5 Å². The molecule has 0 aliphatic carbocycles. The van der Waals surface area contributed by atoms with Gasteiger partial charge in [0, 0.05) is 23.9 Å². The highest BCUT2D eigenvalue weighted by molar-refractivity contribution is 7.99. The molecular weight excluding hydrogens is 336 g/mol. The Hall–Kier alpha value is -2.80. The Morgan fingerprint density at radius 1 is 1.16 bits per heavy atom. The molecular formula is C18H18N4O2S. The van der Waals surface area contributed by atoms with Crippen LogP contribution < -0.4 is 10.5 Å². The molecule has 3 aromatic rings. The molecule has 0 fully saturated rings. The van der Waals surface area contributed by atoms with Gasteiger partial charge in [-0.15, -0.1) is 10.2 Å². The number of benzene rings is 2. The van der Waals surface area contributed by atoms with Crippen LogP contribution in [0, 0.1) is 0 Å². The van der Waals surface area contributed by atoms with E-state index in [9.17, 15) is 4.79 Å². The van der Waals surface area contributed by atoms with Crippen LogP contribution in [-0.4, -0.2) is 33.4 Å². The van der Waals surface area contributed by atoms with Crippen LogP contribution in [0.3, 0.4) is 0 Å². The first kappa shape index (κ1) is 17.0. The van der Waals surface area contributed by atoms with Crippen LogP contribution in [0.15, 0.2) is 53.7 Å². The number of aromatic nitrogens is 3. The van der Waals surface area contributed by atoms with Crippen molar-refractivity contribution in [3.63, 3.8) is 0 Å². The summed E-state index contributed by atoms with van der Waals surface area (Å²) in [6.07, 6.45) is 0. The van der Waals surface area contributed by atoms with Crippen molar-refractivity contribution in [3.05, 3.63) is 54.1 Å². The van der Waals surface area contributed by atoms with E-state index in [1.165, 1.54) is 11.8 Å². The van der Waals surface area contributed by atoms with E-state index in [1.54, 1.807) is 31.4 Å². The Labute approximate surface area is 150 Å². The molecule has 2 N–H and O–H groups in total. The molecule has 0 bridgehead atoms. The van der Waals surface area contributed by atoms with Crippen LogP contribution in [0.5, 0.6) is 5.75 Å². The lowest BCUT2D eigenvalue weighted by atomic mass is 10.1. The van der Waals surface area contributed by atoms with E-state index < -0.39 is 0 Å². The second-order valence-corrected chi connectivity index (χ2v) is 6.34. The summed E-state index contributed by atoms with van der Waals surface area (Å²) in [7, 11) is 3.46. The minimum Gasteiger partial charge on any atom is -0.497 e. The fraction of sp³-hybridized carbons (Fsp3) is 0.167. The van der Waals surface area contributed by atoms with Gasteiger partial charge in [-0.05, 0) is 36.4 Å². The smallest absolute Gasteiger partial charge is 0.191 e. The Balaban J connectivity index is 1.71. The molecule has 0 saturated heterocycles.